The summed E-state index contributed by atoms with van der Waals surface area (Å²) in [6.45, 7) is 3.94. The topological polar surface area (TPSA) is 123 Å². The third-order valence-corrected chi connectivity index (χ3v) is 6.84. The standard InChI is InChI=1S/C18H30N8OS3/c1-11-15(23-9-21-11)5-13(25-17(28)19-3)7-30(27)8-14(26-18(29)20-4)6-16-12(2)22-10-24-16/h9-10,13-14H,5-8H2,1-4H3,(H,21,23)(H,22,24)(H2,19,25,28)(H2,20,26,29). The van der Waals surface area contributed by atoms with E-state index in [1.165, 1.54) is 0 Å². The Morgan fingerprint density at radius 2 is 1.33 bits per heavy atom. The summed E-state index contributed by atoms with van der Waals surface area (Å²) in [7, 11) is 2.39. The molecule has 2 aromatic rings. The van der Waals surface area contributed by atoms with Crippen molar-refractivity contribution in [3.05, 3.63) is 35.4 Å². The molecule has 2 rings (SSSR count). The van der Waals surface area contributed by atoms with Gasteiger partial charge in [0.25, 0.3) is 0 Å². The number of rotatable bonds is 10. The fourth-order valence-electron chi connectivity index (χ4n) is 2.99. The molecule has 0 spiro atoms. The quantitative estimate of drug-likeness (QED) is 0.271. The fraction of sp³-hybridized carbons (Fsp3) is 0.556. The van der Waals surface area contributed by atoms with Crippen molar-refractivity contribution in [2.45, 2.75) is 38.8 Å². The van der Waals surface area contributed by atoms with Crippen LogP contribution in [0, 0.1) is 13.8 Å². The first-order valence-corrected chi connectivity index (χ1v) is 11.9. The summed E-state index contributed by atoms with van der Waals surface area (Å²) in [5, 5.41) is 13.3. The SMILES string of the molecule is CNC(=S)NC(Cc1nc[nH]c1C)CS(=O)CC(Cc1nc[nH]c1C)NC(=S)NC. The molecule has 2 atom stereocenters. The zero-order chi connectivity index (χ0) is 22.1. The number of hydrogen-bond acceptors (Lipinski definition) is 5. The molecule has 6 N–H and O–H groups in total. The highest BCUT2D eigenvalue weighted by Crippen LogP contribution is 2.09. The molecule has 0 aromatic carbocycles. The van der Waals surface area contributed by atoms with Crippen molar-refractivity contribution in [3.8, 4) is 0 Å². The van der Waals surface area contributed by atoms with Crippen LogP contribution in [0.4, 0.5) is 0 Å². The molecule has 0 aliphatic rings. The minimum absolute atomic E-state index is 0.114. The molecule has 0 aliphatic carbocycles. The molecule has 12 heteroatoms. The maximum absolute atomic E-state index is 13.1. The van der Waals surface area contributed by atoms with Gasteiger partial charge in [-0.05, 0) is 38.3 Å². The van der Waals surface area contributed by atoms with Crippen molar-refractivity contribution in [1.29, 1.82) is 0 Å². The second kappa shape index (κ2) is 12.0. The molecule has 0 amide bonds. The number of imidazole rings is 2. The first-order chi connectivity index (χ1) is 14.3. The van der Waals surface area contributed by atoms with E-state index in [1.54, 1.807) is 26.7 Å². The molecule has 0 aliphatic heterocycles. The Morgan fingerprint density at radius 1 is 0.933 bits per heavy atom. The van der Waals surface area contributed by atoms with Gasteiger partial charge in [0.15, 0.2) is 10.2 Å². The van der Waals surface area contributed by atoms with E-state index in [-0.39, 0.29) is 12.1 Å². The van der Waals surface area contributed by atoms with E-state index >= 15 is 0 Å². The van der Waals surface area contributed by atoms with Crippen molar-refractivity contribution < 1.29 is 4.21 Å². The van der Waals surface area contributed by atoms with Crippen LogP contribution in [0.5, 0.6) is 0 Å². The number of aryl methyl sites for hydroxylation is 2. The molecule has 2 unspecified atom stereocenters. The van der Waals surface area contributed by atoms with Crippen LogP contribution in [0.3, 0.4) is 0 Å². The van der Waals surface area contributed by atoms with Crippen LogP contribution in [-0.4, -0.2) is 72.1 Å². The summed E-state index contributed by atoms with van der Waals surface area (Å²) in [4.78, 5) is 14.9. The van der Waals surface area contributed by atoms with E-state index in [9.17, 15) is 4.21 Å². The summed E-state index contributed by atoms with van der Waals surface area (Å²) in [6, 6.07) is -0.228. The average molecular weight is 471 g/mol. The molecule has 9 nitrogen and oxygen atoms in total. The number of thiocarbonyl (C=S) groups is 2. The van der Waals surface area contributed by atoms with Crippen LogP contribution in [0.25, 0.3) is 0 Å². The van der Waals surface area contributed by atoms with Gasteiger partial charge in [-0.1, -0.05) is 0 Å². The Bertz CT molecular complexity index is 797. The highest BCUT2D eigenvalue weighted by atomic mass is 32.2. The Balaban J connectivity index is 2.06. The van der Waals surface area contributed by atoms with E-state index in [1.807, 2.05) is 13.8 Å². The molecule has 30 heavy (non-hydrogen) atoms. The summed E-state index contributed by atoms with van der Waals surface area (Å²) < 4.78 is 13.1. The number of aromatic nitrogens is 4. The van der Waals surface area contributed by atoms with E-state index in [2.05, 4.69) is 41.2 Å². The second-order valence-corrected chi connectivity index (χ2v) is 9.33. The Hall–Kier alpha value is -2.05. The number of nitrogens with zero attached hydrogens (tertiary/aromatic N) is 2. The van der Waals surface area contributed by atoms with Gasteiger partial charge in [-0.3, -0.25) is 4.21 Å². The Labute approximate surface area is 190 Å². The van der Waals surface area contributed by atoms with Crippen molar-refractivity contribution in [2.24, 2.45) is 0 Å². The van der Waals surface area contributed by atoms with E-state index in [0.29, 0.717) is 34.6 Å². The average Bonchev–Trinajstić information content (AvgIpc) is 3.29. The second-order valence-electron chi connectivity index (χ2n) is 6.97. The zero-order valence-electron chi connectivity index (χ0n) is 17.7. The maximum atomic E-state index is 13.1. The van der Waals surface area contributed by atoms with Gasteiger partial charge in [0.2, 0.25) is 0 Å². The number of nitrogens with one attached hydrogen (secondary N) is 6. The van der Waals surface area contributed by atoms with Gasteiger partial charge in [-0.25, -0.2) is 9.97 Å². The largest absolute Gasteiger partial charge is 0.366 e. The predicted molar refractivity (Wildman–Crippen MR) is 129 cm³/mol. The number of hydrogen-bond donors (Lipinski definition) is 6. The van der Waals surface area contributed by atoms with Crippen molar-refractivity contribution in [2.75, 3.05) is 25.6 Å². The van der Waals surface area contributed by atoms with Crippen LogP contribution in [0.15, 0.2) is 12.7 Å². The third kappa shape index (κ3) is 7.65. The number of aromatic amines is 2. The van der Waals surface area contributed by atoms with Crippen molar-refractivity contribution in [3.63, 3.8) is 0 Å². The minimum atomic E-state index is -1.13. The monoisotopic (exact) mass is 470 g/mol. The smallest absolute Gasteiger partial charge is 0.166 e. The predicted octanol–water partition coefficient (Wildman–Crippen LogP) is 0.209. The highest BCUT2D eigenvalue weighted by molar-refractivity contribution is 7.85. The van der Waals surface area contributed by atoms with Crippen molar-refractivity contribution >= 4 is 45.5 Å². The van der Waals surface area contributed by atoms with Gasteiger partial charge in [0.05, 0.1) is 24.0 Å². The maximum Gasteiger partial charge on any atom is 0.166 e. The van der Waals surface area contributed by atoms with Crippen LogP contribution in [0.2, 0.25) is 0 Å². The van der Waals surface area contributed by atoms with Gasteiger partial charge in [0, 0.05) is 72.7 Å². The molecule has 0 saturated heterocycles. The first kappa shape index (κ1) is 24.2. The first-order valence-electron chi connectivity index (χ1n) is 9.61. The van der Waals surface area contributed by atoms with Crippen LogP contribution in [-0.2, 0) is 23.6 Å². The molecule has 166 valence electrons. The Kier molecular flexibility index (Phi) is 9.66. The number of H-pyrrole nitrogens is 2. The lowest BCUT2D eigenvalue weighted by Gasteiger charge is -2.23. The molecule has 2 aromatic heterocycles. The lowest BCUT2D eigenvalue weighted by Crippen LogP contribution is -2.47. The molecule has 0 radical (unpaired) electrons. The fourth-order valence-corrected chi connectivity index (χ4v) is 4.76. The molecule has 0 fully saturated rings. The van der Waals surface area contributed by atoms with E-state index in [4.69, 9.17) is 24.4 Å². The molecular formula is C18H30N8OS3. The summed E-state index contributed by atoms with van der Waals surface area (Å²) in [6.07, 6.45) is 4.57. The molecule has 2 heterocycles. The summed E-state index contributed by atoms with van der Waals surface area (Å²) in [5.41, 5.74) is 3.86. The van der Waals surface area contributed by atoms with Gasteiger partial charge >= 0.3 is 0 Å². The van der Waals surface area contributed by atoms with Gasteiger partial charge in [-0.2, -0.15) is 0 Å². The van der Waals surface area contributed by atoms with Gasteiger partial charge in [0.1, 0.15) is 0 Å². The summed E-state index contributed by atoms with van der Waals surface area (Å²) in [5.74, 6) is 0.857. The Morgan fingerprint density at radius 3 is 1.63 bits per heavy atom. The highest BCUT2D eigenvalue weighted by Gasteiger charge is 2.21. The lowest BCUT2D eigenvalue weighted by molar-refractivity contribution is 0.612. The van der Waals surface area contributed by atoms with E-state index < -0.39 is 10.8 Å². The van der Waals surface area contributed by atoms with Crippen LogP contribution >= 0.6 is 24.4 Å². The normalized spacial score (nSPS) is 13.9. The summed E-state index contributed by atoms with van der Waals surface area (Å²) >= 11 is 10.5. The molecule has 0 saturated carbocycles. The van der Waals surface area contributed by atoms with Crippen LogP contribution < -0.4 is 21.3 Å². The molecular weight excluding hydrogens is 440 g/mol. The van der Waals surface area contributed by atoms with Crippen LogP contribution in [0.1, 0.15) is 22.8 Å². The molecule has 0 bridgehead atoms. The van der Waals surface area contributed by atoms with E-state index in [0.717, 1.165) is 22.8 Å². The minimum Gasteiger partial charge on any atom is -0.366 e. The third-order valence-electron chi connectivity index (χ3n) is 4.65. The van der Waals surface area contributed by atoms with Gasteiger partial charge < -0.3 is 31.2 Å². The van der Waals surface area contributed by atoms with Crippen molar-refractivity contribution in [1.82, 2.24) is 41.2 Å². The zero-order valence-corrected chi connectivity index (χ0v) is 20.1. The van der Waals surface area contributed by atoms with Gasteiger partial charge in [-0.15, -0.1) is 0 Å². The lowest BCUT2D eigenvalue weighted by atomic mass is 10.1.